The van der Waals surface area contributed by atoms with Crippen LogP contribution in [0.2, 0.25) is 0 Å². The first-order chi connectivity index (χ1) is 15.0. The molecule has 0 saturated carbocycles. The highest BCUT2D eigenvalue weighted by molar-refractivity contribution is 9.10. The summed E-state index contributed by atoms with van der Waals surface area (Å²) in [6.07, 6.45) is 1.60. The van der Waals surface area contributed by atoms with E-state index >= 15 is 0 Å². The van der Waals surface area contributed by atoms with Gasteiger partial charge in [0.05, 0.1) is 16.9 Å². The van der Waals surface area contributed by atoms with E-state index in [2.05, 4.69) is 26.0 Å². The van der Waals surface area contributed by atoms with Crippen LogP contribution in [0.15, 0.2) is 88.3 Å². The highest BCUT2D eigenvalue weighted by atomic mass is 79.9. The molecule has 5 nitrogen and oxygen atoms in total. The van der Waals surface area contributed by atoms with Gasteiger partial charge in [-0.1, -0.05) is 34.1 Å². The van der Waals surface area contributed by atoms with E-state index in [1.54, 1.807) is 35.1 Å². The topological polar surface area (TPSA) is 52.7 Å². The third kappa shape index (κ3) is 3.44. The Kier molecular flexibility index (Phi) is 4.71. The predicted molar refractivity (Wildman–Crippen MR) is 118 cm³/mol. The predicted octanol–water partition coefficient (Wildman–Crippen LogP) is 5.28. The van der Waals surface area contributed by atoms with Crippen LogP contribution >= 0.6 is 15.9 Å². The highest BCUT2D eigenvalue weighted by Crippen LogP contribution is 2.26. The van der Waals surface area contributed by atoms with Crippen molar-refractivity contribution in [1.29, 1.82) is 0 Å². The van der Waals surface area contributed by atoms with Gasteiger partial charge in [0.1, 0.15) is 17.0 Å². The molecule has 2 heterocycles. The Hall–Kier alpha value is -3.65. The van der Waals surface area contributed by atoms with Crippen molar-refractivity contribution in [1.82, 2.24) is 19.3 Å². The van der Waals surface area contributed by atoms with Crippen LogP contribution in [0.4, 0.5) is 8.78 Å². The molecule has 0 radical (unpaired) electrons. The van der Waals surface area contributed by atoms with Gasteiger partial charge in [-0.25, -0.2) is 18.4 Å². The zero-order chi connectivity index (χ0) is 21.5. The molecule has 0 amide bonds. The van der Waals surface area contributed by atoms with Gasteiger partial charge in [-0.3, -0.25) is 9.36 Å². The van der Waals surface area contributed by atoms with Crippen molar-refractivity contribution >= 4 is 27.0 Å². The normalized spacial score (nSPS) is 11.2. The van der Waals surface area contributed by atoms with Gasteiger partial charge in [0, 0.05) is 16.7 Å². The van der Waals surface area contributed by atoms with Gasteiger partial charge in [0.25, 0.3) is 5.56 Å². The van der Waals surface area contributed by atoms with Crippen LogP contribution in [0.25, 0.3) is 33.8 Å². The number of halogens is 3. The second-order valence-corrected chi connectivity index (χ2v) is 7.74. The van der Waals surface area contributed by atoms with Crippen molar-refractivity contribution in [2.45, 2.75) is 0 Å². The van der Waals surface area contributed by atoms with E-state index in [4.69, 9.17) is 0 Å². The molecule has 0 atom stereocenters. The SMILES string of the molecule is O=c1c2cn(-c3ccccc3)nc2nc(-c2ccc(F)cc2F)n1-c1ccc(Br)cc1. The fourth-order valence-electron chi connectivity index (χ4n) is 3.36. The molecule has 31 heavy (non-hydrogen) atoms. The van der Waals surface area contributed by atoms with E-state index in [9.17, 15) is 13.6 Å². The summed E-state index contributed by atoms with van der Waals surface area (Å²) in [5.41, 5.74) is 1.00. The van der Waals surface area contributed by atoms with Gasteiger partial charge in [0.2, 0.25) is 0 Å². The summed E-state index contributed by atoms with van der Waals surface area (Å²) in [5.74, 6) is -1.50. The van der Waals surface area contributed by atoms with Crippen LogP contribution in [0.1, 0.15) is 0 Å². The van der Waals surface area contributed by atoms with Gasteiger partial charge in [0.15, 0.2) is 11.5 Å². The Morgan fingerprint density at radius 1 is 0.871 bits per heavy atom. The number of hydrogen-bond donors (Lipinski definition) is 0. The minimum absolute atomic E-state index is 0.00224. The molecule has 5 aromatic rings. The molecule has 152 valence electrons. The summed E-state index contributed by atoms with van der Waals surface area (Å²) >= 11 is 3.37. The molecule has 8 heteroatoms. The quantitative estimate of drug-likeness (QED) is 0.354. The zero-order valence-electron chi connectivity index (χ0n) is 15.8. The molecular formula is C23H13BrF2N4O. The largest absolute Gasteiger partial charge is 0.269 e. The van der Waals surface area contributed by atoms with E-state index in [0.717, 1.165) is 22.3 Å². The molecule has 5 rings (SSSR count). The van der Waals surface area contributed by atoms with Crippen LogP contribution < -0.4 is 5.56 Å². The van der Waals surface area contributed by atoms with Crippen LogP contribution in [-0.4, -0.2) is 19.3 Å². The summed E-state index contributed by atoms with van der Waals surface area (Å²) in [6, 6.07) is 19.4. The lowest BCUT2D eigenvalue weighted by molar-refractivity contribution is 0.584. The maximum Gasteiger partial charge on any atom is 0.269 e. The average Bonchev–Trinajstić information content (AvgIpc) is 3.20. The molecule has 0 aliphatic rings. The van der Waals surface area contributed by atoms with Gasteiger partial charge in [-0.2, -0.15) is 0 Å². The molecule has 0 bridgehead atoms. The summed E-state index contributed by atoms with van der Waals surface area (Å²) in [7, 11) is 0. The molecule has 2 aromatic heterocycles. The minimum atomic E-state index is -0.820. The van der Waals surface area contributed by atoms with Crippen molar-refractivity contribution in [2.24, 2.45) is 0 Å². The first kappa shape index (κ1) is 19.3. The molecule has 0 saturated heterocycles. The monoisotopic (exact) mass is 478 g/mol. The number of aromatic nitrogens is 4. The molecule has 3 aromatic carbocycles. The second kappa shape index (κ2) is 7.55. The molecule has 0 aliphatic heterocycles. The Morgan fingerprint density at radius 3 is 2.32 bits per heavy atom. The molecule has 0 unspecified atom stereocenters. The molecule has 0 fully saturated rings. The van der Waals surface area contributed by atoms with E-state index < -0.39 is 17.2 Å². The number of fused-ring (bicyclic) bond motifs is 1. The fraction of sp³-hybridized carbons (Fsp3) is 0. The van der Waals surface area contributed by atoms with E-state index in [1.165, 1.54) is 10.6 Å². The number of nitrogens with zero attached hydrogens (tertiary/aromatic N) is 4. The van der Waals surface area contributed by atoms with Crippen molar-refractivity contribution in [3.8, 4) is 22.8 Å². The number of rotatable bonds is 3. The van der Waals surface area contributed by atoms with Crippen molar-refractivity contribution in [2.75, 3.05) is 0 Å². The summed E-state index contributed by atoms with van der Waals surface area (Å²) in [5, 5.41) is 4.69. The Labute approximate surface area is 183 Å². The Balaban J connectivity index is 1.83. The van der Waals surface area contributed by atoms with E-state index in [0.29, 0.717) is 5.69 Å². The lowest BCUT2D eigenvalue weighted by atomic mass is 10.1. The number of hydrogen-bond acceptors (Lipinski definition) is 3. The number of benzene rings is 3. The Morgan fingerprint density at radius 2 is 1.61 bits per heavy atom. The van der Waals surface area contributed by atoms with Gasteiger partial charge in [-0.05, 0) is 48.5 Å². The first-order valence-corrected chi connectivity index (χ1v) is 10.1. The lowest BCUT2D eigenvalue weighted by Gasteiger charge is -2.13. The summed E-state index contributed by atoms with van der Waals surface area (Å²) in [4.78, 5) is 18.0. The molecular weight excluding hydrogens is 466 g/mol. The molecule has 0 N–H and O–H groups in total. The van der Waals surface area contributed by atoms with E-state index in [-0.39, 0.29) is 22.4 Å². The fourth-order valence-corrected chi connectivity index (χ4v) is 3.62. The van der Waals surface area contributed by atoms with Gasteiger partial charge in [-0.15, -0.1) is 5.10 Å². The summed E-state index contributed by atoms with van der Waals surface area (Å²) < 4.78 is 31.9. The van der Waals surface area contributed by atoms with Crippen LogP contribution in [0.5, 0.6) is 0 Å². The third-order valence-electron chi connectivity index (χ3n) is 4.83. The maximum absolute atomic E-state index is 14.7. The van der Waals surface area contributed by atoms with Gasteiger partial charge >= 0.3 is 0 Å². The van der Waals surface area contributed by atoms with Crippen LogP contribution in [-0.2, 0) is 0 Å². The van der Waals surface area contributed by atoms with Crippen LogP contribution in [0.3, 0.4) is 0 Å². The van der Waals surface area contributed by atoms with Crippen molar-refractivity contribution < 1.29 is 8.78 Å². The minimum Gasteiger partial charge on any atom is -0.268 e. The third-order valence-corrected chi connectivity index (χ3v) is 5.36. The molecule has 0 spiro atoms. The standard InChI is InChI=1S/C23H13BrF2N4O/c24-14-6-9-17(10-7-14)30-22(18-11-8-15(25)12-20(18)26)27-21-19(23(30)31)13-29(28-21)16-4-2-1-3-5-16/h1-13H. The van der Waals surface area contributed by atoms with Gasteiger partial charge < -0.3 is 0 Å². The average molecular weight is 479 g/mol. The van der Waals surface area contributed by atoms with Crippen molar-refractivity contribution in [3.63, 3.8) is 0 Å². The number of para-hydroxylation sites is 1. The lowest BCUT2D eigenvalue weighted by Crippen LogP contribution is -2.21. The van der Waals surface area contributed by atoms with E-state index in [1.807, 2.05) is 30.3 Å². The van der Waals surface area contributed by atoms with Crippen LogP contribution in [0, 0.1) is 11.6 Å². The Bertz CT molecular complexity index is 1480. The molecule has 0 aliphatic carbocycles. The first-order valence-electron chi connectivity index (χ1n) is 9.30. The maximum atomic E-state index is 14.7. The second-order valence-electron chi connectivity index (χ2n) is 6.82. The van der Waals surface area contributed by atoms with Crippen molar-refractivity contribution in [3.05, 3.63) is 105 Å². The zero-order valence-corrected chi connectivity index (χ0v) is 17.4. The highest BCUT2D eigenvalue weighted by Gasteiger charge is 2.20. The smallest absolute Gasteiger partial charge is 0.268 e. The summed E-state index contributed by atoms with van der Waals surface area (Å²) in [6.45, 7) is 0.